The van der Waals surface area contributed by atoms with Crippen molar-refractivity contribution in [1.29, 1.82) is 0 Å². The van der Waals surface area contributed by atoms with Gasteiger partial charge in [-0.05, 0) is 0 Å². The van der Waals surface area contributed by atoms with Crippen LogP contribution in [0.4, 0.5) is 0 Å². The van der Waals surface area contributed by atoms with Gasteiger partial charge in [0.25, 0.3) is 0 Å². The van der Waals surface area contributed by atoms with Gasteiger partial charge in [0.2, 0.25) is 0 Å². The van der Waals surface area contributed by atoms with Crippen LogP contribution in [0, 0.1) is 0 Å². The normalized spacial score (nSPS) is 13.4. The summed E-state index contributed by atoms with van der Waals surface area (Å²) >= 11 is 4.90. The summed E-state index contributed by atoms with van der Waals surface area (Å²) in [5.74, 6) is 0. The summed E-state index contributed by atoms with van der Waals surface area (Å²) in [7, 11) is 0. The number of hydrogen-bond donors (Lipinski definition) is 0. The van der Waals surface area contributed by atoms with Crippen molar-refractivity contribution in [2.45, 2.75) is 32.4 Å². The molecule has 0 amide bonds. The van der Waals surface area contributed by atoms with Crippen LogP contribution in [0.15, 0.2) is 0 Å². The molecule has 0 aromatic heterocycles. The second-order valence-corrected chi connectivity index (χ2v) is 5.35. The minimum atomic E-state index is 0.774. The Bertz CT molecular complexity index is 80.6. The van der Waals surface area contributed by atoms with E-state index >= 15 is 0 Å². The molecule has 0 nitrogen and oxygen atoms in total. The molecule has 0 spiro atoms. The van der Waals surface area contributed by atoms with Gasteiger partial charge in [-0.2, -0.15) is 0 Å². The van der Waals surface area contributed by atoms with Crippen molar-refractivity contribution < 1.29 is 0 Å². The van der Waals surface area contributed by atoms with Crippen LogP contribution in [0.3, 0.4) is 0 Å². The molecular formula is C6H12SSe. The molecule has 0 fully saturated rings. The van der Waals surface area contributed by atoms with E-state index in [-0.39, 0.29) is 0 Å². The molecule has 0 aromatic carbocycles. The zero-order valence-electron chi connectivity index (χ0n) is 5.60. The molecule has 1 unspecified atom stereocenters. The van der Waals surface area contributed by atoms with E-state index in [0.717, 1.165) is 5.25 Å². The van der Waals surface area contributed by atoms with Crippen molar-refractivity contribution >= 4 is 31.1 Å². The second-order valence-electron chi connectivity index (χ2n) is 1.83. The van der Waals surface area contributed by atoms with Gasteiger partial charge in [-0.1, -0.05) is 0 Å². The first-order chi connectivity index (χ1) is 3.66. The fraction of sp³-hybridized carbons (Fsp3) is 0.833. The molecule has 0 bridgehead atoms. The number of rotatable bonds is 3. The third-order valence-corrected chi connectivity index (χ3v) is 2.62. The van der Waals surface area contributed by atoms with E-state index in [2.05, 4.69) is 36.3 Å². The Morgan fingerprint density at radius 1 is 1.75 bits per heavy atom. The van der Waals surface area contributed by atoms with Gasteiger partial charge in [0, 0.05) is 0 Å². The summed E-state index contributed by atoms with van der Waals surface area (Å²) in [5, 5.41) is 0.774. The fourth-order valence-electron chi connectivity index (χ4n) is 0.367. The van der Waals surface area contributed by atoms with Crippen LogP contribution >= 0.6 is 11.8 Å². The van der Waals surface area contributed by atoms with Crippen molar-refractivity contribution in [3.63, 3.8) is 0 Å². The van der Waals surface area contributed by atoms with E-state index < -0.39 is 0 Å². The van der Waals surface area contributed by atoms with Crippen molar-refractivity contribution in [2.75, 3.05) is 0 Å². The van der Waals surface area contributed by atoms with Crippen LogP contribution in [0.1, 0.15) is 27.2 Å². The van der Waals surface area contributed by atoms with Crippen LogP contribution in [0.2, 0.25) is 0 Å². The SMILES string of the molecule is CCC(C)SC(C)=[Se]. The van der Waals surface area contributed by atoms with Crippen LogP contribution in [0.25, 0.3) is 0 Å². The fourth-order valence-corrected chi connectivity index (χ4v) is 2.13. The molecule has 0 aliphatic carbocycles. The topological polar surface area (TPSA) is 0 Å². The van der Waals surface area contributed by atoms with Crippen LogP contribution in [-0.2, 0) is 0 Å². The predicted octanol–water partition coefficient (Wildman–Crippen LogP) is 1.84. The summed E-state index contributed by atoms with van der Waals surface area (Å²) in [6.45, 7) is 6.56. The number of thioether (sulfide) groups is 1. The average Bonchev–Trinajstić information content (AvgIpc) is 1.65. The molecule has 0 rings (SSSR count). The quantitative estimate of drug-likeness (QED) is 0.619. The molecule has 0 saturated heterocycles. The molecule has 0 heterocycles. The third-order valence-electron chi connectivity index (χ3n) is 0.942. The summed E-state index contributed by atoms with van der Waals surface area (Å²) in [4.78, 5) is 0. The molecule has 1 atom stereocenters. The minimum absolute atomic E-state index is 0.774. The van der Waals surface area contributed by atoms with E-state index in [1.165, 1.54) is 10.2 Å². The Morgan fingerprint density at radius 3 is 2.38 bits per heavy atom. The Kier molecular flexibility index (Phi) is 5.03. The monoisotopic (exact) mass is 196 g/mol. The molecule has 0 N–H and O–H groups in total. The summed E-state index contributed by atoms with van der Waals surface area (Å²) < 4.78 is 1.35. The van der Waals surface area contributed by atoms with Crippen LogP contribution in [-0.4, -0.2) is 24.6 Å². The first kappa shape index (κ1) is 8.74. The summed E-state index contributed by atoms with van der Waals surface area (Å²) in [6, 6.07) is 0. The summed E-state index contributed by atoms with van der Waals surface area (Å²) in [6.07, 6.45) is 1.25. The standard InChI is InChI=1S/C6H12SSe/c1-4-5(2)7-6(3)8/h5H,4H2,1-3H3. The maximum atomic E-state index is 2.98. The van der Waals surface area contributed by atoms with Gasteiger partial charge >= 0.3 is 63.5 Å². The van der Waals surface area contributed by atoms with Crippen molar-refractivity contribution in [2.24, 2.45) is 0 Å². The average molecular weight is 195 g/mol. The first-order valence-corrected chi connectivity index (χ1v) is 4.57. The van der Waals surface area contributed by atoms with Gasteiger partial charge in [-0.25, -0.2) is 0 Å². The molecule has 8 heavy (non-hydrogen) atoms. The summed E-state index contributed by atoms with van der Waals surface area (Å²) in [5.41, 5.74) is 0. The zero-order valence-corrected chi connectivity index (χ0v) is 8.13. The van der Waals surface area contributed by atoms with Gasteiger partial charge in [-0.15, -0.1) is 0 Å². The predicted molar refractivity (Wildman–Crippen MR) is 43.8 cm³/mol. The van der Waals surface area contributed by atoms with Crippen molar-refractivity contribution in [1.82, 2.24) is 0 Å². The Labute approximate surface area is 63.8 Å². The number of hydrogen-bond acceptors (Lipinski definition) is 1. The Balaban J connectivity index is 3.24. The van der Waals surface area contributed by atoms with Gasteiger partial charge < -0.3 is 0 Å². The Morgan fingerprint density at radius 2 is 2.25 bits per heavy atom. The second kappa shape index (κ2) is 4.60. The molecule has 0 aliphatic rings. The molecule has 2 heteroatoms. The van der Waals surface area contributed by atoms with Crippen LogP contribution < -0.4 is 0 Å². The van der Waals surface area contributed by atoms with E-state index in [4.69, 9.17) is 0 Å². The van der Waals surface area contributed by atoms with E-state index in [9.17, 15) is 0 Å². The molecule has 0 aliphatic heterocycles. The van der Waals surface area contributed by atoms with Gasteiger partial charge in [0.1, 0.15) is 0 Å². The van der Waals surface area contributed by atoms with Crippen LogP contribution in [0.5, 0.6) is 0 Å². The molecule has 0 radical (unpaired) electrons. The van der Waals surface area contributed by atoms with E-state index in [1.807, 2.05) is 11.8 Å². The van der Waals surface area contributed by atoms with E-state index in [0.29, 0.717) is 0 Å². The first-order valence-electron chi connectivity index (χ1n) is 2.84. The van der Waals surface area contributed by atoms with Gasteiger partial charge in [-0.3, -0.25) is 0 Å². The third kappa shape index (κ3) is 4.89. The molecular weight excluding hydrogens is 183 g/mol. The van der Waals surface area contributed by atoms with E-state index in [1.54, 1.807) is 0 Å². The van der Waals surface area contributed by atoms with Crippen molar-refractivity contribution in [3.05, 3.63) is 0 Å². The Hall–Kier alpha value is 0.739. The van der Waals surface area contributed by atoms with Crippen molar-refractivity contribution in [3.8, 4) is 0 Å². The molecule has 0 saturated carbocycles. The molecule has 48 valence electrons. The maximum absolute atomic E-state index is 2.98. The zero-order chi connectivity index (χ0) is 6.57. The van der Waals surface area contributed by atoms with Gasteiger partial charge in [0.15, 0.2) is 0 Å². The molecule has 0 aromatic rings. The van der Waals surface area contributed by atoms with Gasteiger partial charge in [0.05, 0.1) is 0 Å².